The zero-order valence-electron chi connectivity index (χ0n) is 10.9. The molecule has 1 amide bonds. The highest BCUT2D eigenvalue weighted by molar-refractivity contribution is 6.29. The van der Waals surface area contributed by atoms with Crippen molar-refractivity contribution in [1.29, 1.82) is 0 Å². The summed E-state index contributed by atoms with van der Waals surface area (Å²) in [6.07, 6.45) is 0.986. The van der Waals surface area contributed by atoms with Crippen LogP contribution in [0.1, 0.15) is 37.6 Å². The van der Waals surface area contributed by atoms with Gasteiger partial charge in [0.05, 0.1) is 0 Å². The van der Waals surface area contributed by atoms with E-state index in [4.69, 9.17) is 17.4 Å². The maximum Gasteiger partial charge on any atom is 0.251 e. The van der Waals surface area contributed by atoms with Crippen LogP contribution in [0.2, 0.25) is 5.15 Å². The van der Waals surface area contributed by atoms with Crippen LogP contribution in [0.25, 0.3) is 0 Å². The molecule has 18 heavy (non-hydrogen) atoms. The predicted molar refractivity (Wildman–Crippen MR) is 73.5 cm³/mol. The molecule has 1 rings (SSSR count). The van der Waals surface area contributed by atoms with Crippen LogP contribution in [0.15, 0.2) is 12.1 Å². The normalized spacial score (nSPS) is 11.2. The highest BCUT2D eigenvalue weighted by Crippen LogP contribution is 2.18. The van der Waals surface area contributed by atoms with Crippen LogP contribution in [-0.2, 0) is 0 Å². The number of hydrazine groups is 1. The average Bonchev–Trinajstić information content (AvgIpc) is 2.35. The lowest BCUT2D eigenvalue weighted by atomic mass is 9.90. The summed E-state index contributed by atoms with van der Waals surface area (Å²) in [6.45, 7) is 6.89. The lowest BCUT2D eigenvalue weighted by molar-refractivity contribution is 0.0935. The van der Waals surface area contributed by atoms with Gasteiger partial charge in [0.25, 0.3) is 5.91 Å². The lowest BCUT2D eigenvalue weighted by Gasteiger charge is -2.22. The van der Waals surface area contributed by atoms with Crippen molar-refractivity contribution in [1.82, 2.24) is 10.3 Å². The standard InChI is InChI=1S/C12H19ClN4O/c1-4-12(2,3)7-15-11(18)8-5-9(13)16-10(6-8)17-14/h5-6H,4,7,14H2,1-3H3,(H,15,18)(H,16,17). The predicted octanol–water partition coefficient (Wildman–Crippen LogP) is 2.19. The van der Waals surface area contributed by atoms with E-state index in [-0.39, 0.29) is 16.5 Å². The average molecular weight is 271 g/mol. The van der Waals surface area contributed by atoms with Gasteiger partial charge in [-0.25, -0.2) is 10.8 Å². The van der Waals surface area contributed by atoms with Gasteiger partial charge < -0.3 is 10.7 Å². The van der Waals surface area contributed by atoms with Crippen LogP contribution in [0.4, 0.5) is 5.82 Å². The number of nitrogens with zero attached hydrogens (tertiary/aromatic N) is 1. The fourth-order valence-electron chi connectivity index (χ4n) is 1.25. The van der Waals surface area contributed by atoms with Crippen LogP contribution >= 0.6 is 11.6 Å². The number of nitrogens with two attached hydrogens (primary N) is 1. The Labute approximate surface area is 112 Å². The Balaban J connectivity index is 2.75. The van der Waals surface area contributed by atoms with Crippen molar-refractivity contribution in [2.75, 3.05) is 12.0 Å². The summed E-state index contributed by atoms with van der Waals surface area (Å²) in [7, 11) is 0. The maximum absolute atomic E-state index is 12.0. The largest absolute Gasteiger partial charge is 0.351 e. The lowest BCUT2D eigenvalue weighted by Crippen LogP contribution is -2.33. The fraction of sp³-hybridized carbons (Fsp3) is 0.500. The van der Waals surface area contributed by atoms with Gasteiger partial charge in [0, 0.05) is 12.1 Å². The molecule has 1 aromatic heterocycles. The molecule has 0 aliphatic carbocycles. The summed E-state index contributed by atoms with van der Waals surface area (Å²) in [5.41, 5.74) is 2.88. The first-order valence-electron chi connectivity index (χ1n) is 5.80. The molecule has 0 aliphatic heterocycles. The molecule has 5 nitrogen and oxygen atoms in total. The van der Waals surface area contributed by atoms with Crippen molar-refractivity contribution in [2.24, 2.45) is 11.3 Å². The van der Waals surface area contributed by atoms with Gasteiger partial charge in [0.1, 0.15) is 11.0 Å². The van der Waals surface area contributed by atoms with Gasteiger partial charge in [-0.3, -0.25) is 4.79 Å². The van der Waals surface area contributed by atoms with E-state index in [9.17, 15) is 4.79 Å². The van der Waals surface area contributed by atoms with Crippen molar-refractivity contribution in [3.63, 3.8) is 0 Å². The third-order valence-corrected chi connectivity index (χ3v) is 3.08. The Hall–Kier alpha value is -1.33. The maximum atomic E-state index is 12.0. The van der Waals surface area contributed by atoms with Crippen LogP contribution < -0.4 is 16.6 Å². The molecule has 1 heterocycles. The molecule has 0 radical (unpaired) electrons. The van der Waals surface area contributed by atoms with Crippen molar-refractivity contribution < 1.29 is 4.79 Å². The molecule has 0 spiro atoms. The Morgan fingerprint density at radius 2 is 2.17 bits per heavy atom. The highest BCUT2D eigenvalue weighted by Gasteiger charge is 2.17. The topological polar surface area (TPSA) is 80.0 Å². The van der Waals surface area contributed by atoms with E-state index >= 15 is 0 Å². The smallest absolute Gasteiger partial charge is 0.251 e. The SMILES string of the molecule is CCC(C)(C)CNC(=O)c1cc(Cl)nc(NN)c1. The monoisotopic (exact) mass is 270 g/mol. The highest BCUT2D eigenvalue weighted by atomic mass is 35.5. The molecule has 0 atom stereocenters. The number of carbonyl (C=O) groups is 1. The molecule has 0 aromatic carbocycles. The molecule has 0 unspecified atom stereocenters. The van der Waals surface area contributed by atoms with E-state index in [0.717, 1.165) is 6.42 Å². The zero-order valence-corrected chi connectivity index (χ0v) is 11.6. The van der Waals surface area contributed by atoms with Gasteiger partial charge in [-0.1, -0.05) is 32.4 Å². The quantitative estimate of drug-likeness (QED) is 0.435. The number of hydrogen-bond acceptors (Lipinski definition) is 4. The van der Waals surface area contributed by atoms with Crippen LogP contribution in [0.5, 0.6) is 0 Å². The molecule has 4 N–H and O–H groups in total. The Kier molecular flexibility index (Phi) is 4.93. The number of halogens is 1. The number of pyridine rings is 1. The van der Waals surface area contributed by atoms with E-state index in [1.54, 1.807) is 6.07 Å². The van der Waals surface area contributed by atoms with Crippen molar-refractivity contribution in [3.8, 4) is 0 Å². The van der Waals surface area contributed by atoms with Gasteiger partial charge in [-0.05, 0) is 24.0 Å². The zero-order chi connectivity index (χ0) is 13.8. The van der Waals surface area contributed by atoms with E-state index in [0.29, 0.717) is 17.9 Å². The van der Waals surface area contributed by atoms with Gasteiger partial charge in [-0.15, -0.1) is 0 Å². The Morgan fingerprint density at radius 3 is 2.72 bits per heavy atom. The van der Waals surface area contributed by atoms with Gasteiger partial charge in [-0.2, -0.15) is 0 Å². The first-order chi connectivity index (χ1) is 8.38. The number of nitrogen functional groups attached to an aromatic ring is 1. The number of carbonyl (C=O) groups excluding carboxylic acids is 1. The summed E-state index contributed by atoms with van der Waals surface area (Å²) in [5, 5.41) is 3.10. The second-order valence-corrected chi connectivity index (χ2v) is 5.30. The van der Waals surface area contributed by atoms with Gasteiger partial charge in [0.2, 0.25) is 0 Å². The van der Waals surface area contributed by atoms with E-state index < -0.39 is 0 Å². The number of rotatable bonds is 5. The first-order valence-corrected chi connectivity index (χ1v) is 6.18. The second-order valence-electron chi connectivity index (χ2n) is 4.91. The van der Waals surface area contributed by atoms with Crippen LogP contribution in [-0.4, -0.2) is 17.4 Å². The summed E-state index contributed by atoms with van der Waals surface area (Å²) in [4.78, 5) is 15.9. The molecule has 6 heteroatoms. The third kappa shape index (κ3) is 4.16. The van der Waals surface area contributed by atoms with Gasteiger partial charge in [0.15, 0.2) is 0 Å². The van der Waals surface area contributed by atoms with Crippen LogP contribution in [0.3, 0.4) is 0 Å². The Morgan fingerprint density at radius 1 is 1.50 bits per heavy atom. The fourth-order valence-corrected chi connectivity index (χ4v) is 1.46. The molecule has 0 saturated carbocycles. The number of anilines is 1. The molecular formula is C12H19ClN4O. The second kappa shape index (κ2) is 6.02. The number of amides is 1. The van der Waals surface area contributed by atoms with E-state index in [1.807, 2.05) is 0 Å². The minimum atomic E-state index is -0.183. The van der Waals surface area contributed by atoms with E-state index in [2.05, 4.69) is 36.5 Å². The number of aromatic nitrogens is 1. The summed E-state index contributed by atoms with van der Waals surface area (Å²) in [5.74, 6) is 5.43. The number of nitrogens with one attached hydrogen (secondary N) is 2. The van der Waals surface area contributed by atoms with Gasteiger partial charge >= 0.3 is 0 Å². The molecule has 1 aromatic rings. The Bertz CT molecular complexity index is 434. The molecule has 0 fully saturated rings. The minimum Gasteiger partial charge on any atom is -0.351 e. The summed E-state index contributed by atoms with van der Waals surface area (Å²) in [6, 6.07) is 3.07. The third-order valence-electron chi connectivity index (χ3n) is 2.89. The van der Waals surface area contributed by atoms with E-state index in [1.165, 1.54) is 6.07 Å². The minimum absolute atomic E-state index is 0.0709. The summed E-state index contributed by atoms with van der Waals surface area (Å²) < 4.78 is 0. The summed E-state index contributed by atoms with van der Waals surface area (Å²) >= 11 is 5.80. The molecule has 0 saturated heterocycles. The van der Waals surface area contributed by atoms with Crippen molar-refractivity contribution in [3.05, 3.63) is 22.8 Å². The molecule has 0 bridgehead atoms. The first kappa shape index (κ1) is 14.7. The molecule has 100 valence electrons. The van der Waals surface area contributed by atoms with Crippen molar-refractivity contribution >= 4 is 23.3 Å². The van der Waals surface area contributed by atoms with Crippen molar-refractivity contribution in [2.45, 2.75) is 27.2 Å². The molecular weight excluding hydrogens is 252 g/mol. The van der Waals surface area contributed by atoms with Crippen LogP contribution in [0, 0.1) is 5.41 Å². The number of hydrogen-bond donors (Lipinski definition) is 3. The molecule has 0 aliphatic rings.